The van der Waals surface area contributed by atoms with E-state index >= 15 is 0 Å². The van der Waals surface area contributed by atoms with Crippen LogP contribution < -0.4 is 10.3 Å². The molecule has 104 valence electrons. The maximum absolute atomic E-state index is 12.0. The minimum absolute atomic E-state index is 0.156. The summed E-state index contributed by atoms with van der Waals surface area (Å²) in [5.41, 5.74) is 1.03. The fourth-order valence-corrected chi connectivity index (χ4v) is 1.89. The molecule has 0 aliphatic rings. The molecule has 1 aromatic carbocycles. The van der Waals surface area contributed by atoms with Crippen LogP contribution in [0.3, 0.4) is 0 Å². The van der Waals surface area contributed by atoms with Crippen LogP contribution in [0.2, 0.25) is 0 Å². The highest BCUT2D eigenvalue weighted by molar-refractivity contribution is 5.36. The van der Waals surface area contributed by atoms with Crippen molar-refractivity contribution in [3.63, 3.8) is 0 Å². The van der Waals surface area contributed by atoms with Crippen molar-refractivity contribution >= 4 is 0 Å². The van der Waals surface area contributed by atoms with Crippen LogP contribution in [0.25, 0.3) is 0 Å². The van der Waals surface area contributed by atoms with Crippen LogP contribution in [0.4, 0.5) is 0 Å². The highest BCUT2D eigenvalue weighted by Gasteiger charge is 2.06. The zero-order valence-corrected chi connectivity index (χ0v) is 11.5. The van der Waals surface area contributed by atoms with Gasteiger partial charge in [-0.1, -0.05) is 6.07 Å². The molecule has 21 heavy (non-hydrogen) atoms. The third-order valence-electron chi connectivity index (χ3n) is 3.05. The summed E-state index contributed by atoms with van der Waals surface area (Å²) in [6.07, 6.45) is 1.65. The van der Waals surface area contributed by atoms with Crippen molar-refractivity contribution in [3.05, 3.63) is 63.6 Å². The lowest BCUT2D eigenvalue weighted by molar-refractivity contribution is 0.296. The molecule has 0 N–H and O–H groups in total. The summed E-state index contributed by atoms with van der Waals surface area (Å²) < 4.78 is 6.96. The minimum atomic E-state index is -0.313. The average Bonchev–Trinajstić information content (AvgIpc) is 2.50. The lowest BCUT2D eigenvalue weighted by Crippen LogP contribution is -2.25. The van der Waals surface area contributed by atoms with Crippen LogP contribution in [0.1, 0.15) is 16.7 Å². The summed E-state index contributed by atoms with van der Waals surface area (Å²) in [7, 11) is 0. The Morgan fingerprint density at radius 1 is 1.24 bits per heavy atom. The molecule has 0 bridgehead atoms. The van der Waals surface area contributed by atoms with E-state index < -0.39 is 0 Å². The number of hydrogen-bond acceptors (Lipinski definition) is 4. The third kappa shape index (κ3) is 3.29. The topological polar surface area (TPSA) is 78.8 Å². The van der Waals surface area contributed by atoms with E-state index in [4.69, 9.17) is 15.3 Å². The average molecular weight is 279 g/mol. The maximum Gasteiger partial charge on any atom is 0.268 e. The fraction of sp³-hybridized carbons (Fsp3) is 0.188. The van der Waals surface area contributed by atoms with Crippen LogP contribution in [-0.2, 0) is 6.54 Å². The summed E-state index contributed by atoms with van der Waals surface area (Å²) in [6.45, 7) is 2.35. The maximum atomic E-state index is 12.0. The number of aromatic nitrogens is 1. The Hall–Kier alpha value is -3.05. The fourth-order valence-electron chi connectivity index (χ4n) is 1.89. The van der Waals surface area contributed by atoms with E-state index in [1.165, 1.54) is 4.57 Å². The molecular weight excluding hydrogens is 266 g/mol. The van der Waals surface area contributed by atoms with E-state index in [9.17, 15) is 4.79 Å². The Balaban J connectivity index is 2.06. The zero-order chi connectivity index (χ0) is 15.2. The lowest BCUT2D eigenvalue weighted by Gasteiger charge is -2.09. The van der Waals surface area contributed by atoms with Crippen LogP contribution in [-0.4, -0.2) is 11.2 Å². The predicted octanol–water partition coefficient (Wildman–Crippen LogP) is 1.98. The summed E-state index contributed by atoms with van der Waals surface area (Å²) >= 11 is 0. The monoisotopic (exact) mass is 279 g/mol. The summed E-state index contributed by atoms with van der Waals surface area (Å²) in [6, 6.07) is 12.5. The van der Waals surface area contributed by atoms with Gasteiger partial charge in [-0.15, -0.1) is 0 Å². The zero-order valence-electron chi connectivity index (χ0n) is 11.5. The molecule has 0 aliphatic heterocycles. The van der Waals surface area contributed by atoms with Crippen LogP contribution >= 0.6 is 0 Å². The highest BCUT2D eigenvalue weighted by Crippen LogP contribution is 2.12. The minimum Gasteiger partial charge on any atom is -0.492 e. The second kappa shape index (κ2) is 6.40. The molecule has 1 heterocycles. The standard InChI is InChI=1S/C16H13N3O2/c1-12-5-6-19(16(20)15(12)11-18)7-8-21-14-4-2-3-13(9-14)10-17/h2-6,9H,7-8H2,1H3. The SMILES string of the molecule is Cc1ccn(CCOc2cccc(C#N)c2)c(=O)c1C#N. The number of rotatable bonds is 4. The van der Waals surface area contributed by atoms with E-state index in [0.29, 0.717) is 23.4 Å². The molecule has 0 spiro atoms. The smallest absolute Gasteiger partial charge is 0.268 e. The van der Waals surface area contributed by atoms with E-state index in [0.717, 1.165) is 0 Å². The molecule has 1 aromatic heterocycles. The second-order valence-corrected chi connectivity index (χ2v) is 4.47. The van der Waals surface area contributed by atoms with E-state index in [2.05, 4.69) is 0 Å². The van der Waals surface area contributed by atoms with Crippen molar-refractivity contribution in [2.24, 2.45) is 0 Å². The summed E-state index contributed by atoms with van der Waals surface area (Å²) in [4.78, 5) is 12.0. The van der Waals surface area contributed by atoms with Gasteiger partial charge in [-0.3, -0.25) is 4.79 Å². The van der Waals surface area contributed by atoms with Gasteiger partial charge in [0.15, 0.2) is 0 Å². The van der Waals surface area contributed by atoms with Crippen molar-refractivity contribution in [1.29, 1.82) is 10.5 Å². The van der Waals surface area contributed by atoms with Gasteiger partial charge in [0.25, 0.3) is 5.56 Å². The van der Waals surface area contributed by atoms with Crippen molar-refractivity contribution in [2.45, 2.75) is 13.5 Å². The first-order valence-electron chi connectivity index (χ1n) is 6.39. The summed E-state index contributed by atoms with van der Waals surface area (Å²) in [5.74, 6) is 0.578. The molecule has 0 radical (unpaired) electrons. The molecule has 5 heteroatoms. The Kier molecular flexibility index (Phi) is 4.38. The Bertz CT molecular complexity index is 794. The molecule has 0 atom stereocenters. The van der Waals surface area contributed by atoms with Crippen molar-refractivity contribution < 1.29 is 4.74 Å². The van der Waals surface area contributed by atoms with Gasteiger partial charge in [0, 0.05) is 6.20 Å². The Morgan fingerprint density at radius 2 is 2.05 bits per heavy atom. The van der Waals surface area contributed by atoms with Crippen molar-refractivity contribution in [1.82, 2.24) is 4.57 Å². The third-order valence-corrected chi connectivity index (χ3v) is 3.05. The predicted molar refractivity (Wildman–Crippen MR) is 76.8 cm³/mol. The van der Waals surface area contributed by atoms with Gasteiger partial charge < -0.3 is 9.30 Å². The van der Waals surface area contributed by atoms with E-state index in [1.807, 2.05) is 12.1 Å². The van der Waals surface area contributed by atoms with Crippen LogP contribution in [0.15, 0.2) is 41.3 Å². The second-order valence-electron chi connectivity index (χ2n) is 4.47. The van der Waals surface area contributed by atoms with Gasteiger partial charge in [0.1, 0.15) is 24.0 Å². The number of aryl methyl sites for hydroxylation is 1. The van der Waals surface area contributed by atoms with Crippen LogP contribution in [0, 0.1) is 29.6 Å². The molecule has 2 aromatic rings. The number of nitrogens with zero attached hydrogens (tertiary/aromatic N) is 3. The first kappa shape index (κ1) is 14.4. The van der Waals surface area contributed by atoms with Gasteiger partial charge in [-0.05, 0) is 36.8 Å². The van der Waals surface area contributed by atoms with Crippen LogP contribution in [0.5, 0.6) is 5.75 Å². The van der Waals surface area contributed by atoms with Crippen molar-refractivity contribution in [2.75, 3.05) is 6.61 Å². The molecule has 0 fully saturated rings. The van der Waals surface area contributed by atoms with Crippen molar-refractivity contribution in [3.8, 4) is 17.9 Å². The Morgan fingerprint density at radius 3 is 2.76 bits per heavy atom. The number of hydrogen-bond donors (Lipinski definition) is 0. The van der Waals surface area contributed by atoms with Gasteiger partial charge in [-0.25, -0.2) is 0 Å². The largest absolute Gasteiger partial charge is 0.492 e. The number of ether oxygens (including phenoxy) is 1. The lowest BCUT2D eigenvalue weighted by atomic mass is 10.2. The molecule has 0 aliphatic carbocycles. The number of benzene rings is 1. The molecule has 2 rings (SSSR count). The molecule has 0 unspecified atom stereocenters. The molecule has 0 saturated carbocycles. The highest BCUT2D eigenvalue weighted by atomic mass is 16.5. The molecule has 5 nitrogen and oxygen atoms in total. The molecule has 0 saturated heterocycles. The van der Waals surface area contributed by atoms with Gasteiger partial charge in [-0.2, -0.15) is 10.5 Å². The number of pyridine rings is 1. The van der Waals surface area contributed by atoms with Gasteiger partial charge in [0.2, 0.25) is 0 Å². The first-order valence-corrected chi connectivity index (χ1v) is 6.39. The van der Waals surface area contributed by atoms with Gasteiger partial charge >= 0.3 is 0 Å². The van der Waals surface area contributed by atoms with Gasteiger partial charge in [0.05, 0.1) is 18.2 Å². The normalized spacial score (nSPS) is 9.67. The molecule has 0 amide bonds. The number of nitriles is 2. The summed E-state index contributed by atoms with van der Waals surface area (Å²) in [5, 5.41) is 17.8. The first-order chi connectivity index (χ1) is 10.2. The van der Waals surface area contributed by atoms with E-state index in [1.54, 1.807) is 43.5 Å². The quantitative estimate of drug-likeness (QED) is 0.857. The Labute approximate surface area is 122 Å². The van der Waals surface area contributed by atoms with E-state index in [-0.39, 0.29) is 17.7 Å². The molecular formula is C16H13N3O2.